The molecule has 154 valence electrons. The molecule has 11 heteroatoms. The average Bonchev–Trinajstić information content (AvgIpc) is 3.04. The Morgan fingerprint density at radius 1 is 1.21 bits per heavy atom. The van der Waals surface area contributed by atoms with Crippen LogP contribution in [0.5, 0.6) is 5.75 Å². The maximum atomic E-state index is 14.6. The van der Waals surface area contributed by atoms with Crippen molar-refractivity contribution in [3.63, 3.8) is 0 Å². The van der Waals surface area contributed by atoms with Crippen LogP contribution in [0.25, 0.3) is 0 Å². The number of aromatic nitrogens is 2. The summed E-state index contributed by atoms with van der Waals surface area (Å²) in [6, 6.07) is 5.93. The molecule has 0 unspecified atom stereocenters. The van der Waals surface area contributed by atoms with Crippen molar-refractivity contribution in [2.75, 3.05) is 6.61 Å². The molecular weight excluding hydrogens is 391 g/mol. The molecule has 0 bridgehead atoms. The zero-order chi connectivity index (χ0) is 20.9. The lowest BCUT2D eigenvalue weighted by Gasteiger charge is -2.23. The third-order valence-electron chi connectivity index (χ3n) is 3.61. The topological polar surface area (TPSA) is 73.6 Å². The van der Waals surface area contributed by atoms with Crippen molar-refractivity contribution >= 4 is 5.97 Å². The minimum atomic E-state index is -4.52. The Morgan fingerprint density at radius 2 is 1.89 bits per heavy atom. The Morgan fingerprint density at radius 3 is 2.54 bits per heavy atom. The predicted octanol–water partition coefficient (Wildman–Crippen LogP) is 3.04. The molecule has 0 spiro atoms. The smallest absolute Gasteiger partial charge is 0.408 e. The van der Waals surface area contributed by atoms with Crippen LogP contribution < -0.4 is 4.74 Å². The van der Waals surface area contributed by atoms with E-state index in [1.54, 1.807) is 0 Å². The first-order valence-electron chi connectivity index (χ1n) is 8.08. The second-order valence-corrected chi connectivity index (χ2v) is 5.66. The van der Waals surface area contributed by atoms with Gasteiger partial charge in [-0.25, -0.2) is 4.79 Å². The Kier molecular flexibility index (Phi) is 6.60. The number of hydrogen-bond donors (Lipinski definition) is 1. The first-order valence-corrected chi connectivity index (χ1v) is 8.08. The summed E-state index contributed by atoms with van der Waals surface area (Å²) < 4.78 is 77.0. The van der Waals surface area contributed by atoms with Gasteiger partial charge in [0, 0.05) is 6.20 Å². The van der Waals surface area contributed by atoms with E-state index in [0.29, 0.717) is 4.68 Å². The molecule has 2 rings (SSSR count). The highest BCUT2D eigenvalue weighted by atomic mass is 19.4. The Balaban J connectivity index is 2.21. The Hall–Kier alpha value is -2.69. The van der Waals surface area contributed by atoms with Crippen LogP contribution in [-0.4, -0.2) is 39.7 Å². The Bertz CT molecular complexity index is 807. The highest BCUT2D eigenvalue weighted by Gasteiger charge is 2.47. The molecule has 1 aromatic heterocycles. The van der Waals surface area contributed by atoms with Gasteiger partial charge in [-0.15, -0.1) is 0 Å². The molecule has 0 aliphatic carbocycles. The number of halogens is 5. The molecule has 1 heterocycles. The number of benzene rings is 1. The largest absolute Gasteiger partial charge is 0.487 e. The molecule has 2 aromatic rings. The van der Waals surface area contributed by atoms with Gasteiger partial charge in [0.05, 0.1) is 17.9 Å². The maximum absolute atomic E-state index is 14.6. The maximum Gasteiger partial charge on any atom is 0.408 e. The highest BCUT2D eigenvalue weighted by Crippen LogP contribution is 2.38. The molecule has 0 saturated heterocycles. The normalized spacial score (nSPS) is 13.2. The van der Waals surface area contributed by atoms with E-state index in [0.717, 1.165) is 18.3 Å². The number of aliphatic hydroxyl groups is 1. The number of hydrogen-bond acceptors (Lipinski definition) is 5. The third kappa shape index (κ3) is 5.18. The monoisotopic (exact) mass is 408 g/mol. The van der Waals surface area contributed by atoms with E-state index in [-0.39, 0.29) is 12.3 Å². The van der Waals surface area contributed by atoms with Crippen LogP contribution in [0.2, 0.25) is 0 Å². The van der Waals surface area contributed by atoms with Crippen molar-refractivity contribution in [3.8, 4) is 5.75 Å². The summed E-state index contributed by atoms with van der Waals surface area (Å²) >= 11 is 0. The SMILES string of the molecule is CCOC(=O)[C@H](O)C(F)(F)c1ccccc1OCc1ccnn1CC(F)(F)F. The van der Waals surface area contributed by atoms with Crippen molar-refractivity contribution in [1.29, 1.82) is 0 Å². The van der Waals surface area contributed by atoms with Crippen molar-refractivity contribution in [3.05, 3.63) is 47.8 Å². The van der Waals surface area contributed by atoms with Crippen LogP contribution in [0.3, 0.4) is 0 Å². The minimum absolute atomic E-state index is 0.00128. The summed E-state index contributed by atoms with van der Waals surface area (Å²) in [6.07, 6.45) is -6.17. The van der Waals surface area contributed by atoms with Gasteiger partial charge in [0.2, 0.25) is 6.10 Å². The van der Waals surface area contributed by atoms with Crippen molar-refractivity contribution in [2.24, 2.45) is 0 Å². The average molecular weight is 408 g/mol. The quantitative estimate of drug-likeness (QED) is 0.537. The van der Waals surface area contributed by atoms with E-state index in [2.05, 4.69) is 9.84 Å². The van der Waals surface area contributed by atoms with E-state index in [1.165, 1.54) is 25.1 Å². The van der Waals surface area contributed by atoms with Gasteiger partial charge in [0.25, 0.3) is 0 Å². The molecule has 0 amide bonds. The first-order chi connectivity index (χ1) is 13.1. The molecule has 1 atom stereocenters. The molecule has 1 aromatic carbocycles. The van der Waals surface area contributed by atoms with Crippen LogP contribution in [-0.2, 0) is 28.6 Å². The van der Waals surface area contributed by atoms with E-state index in [4.69, 9.17) is 4.74 Å². The summed E-state index contributed by atoms with van der Waals surface area (Å²) in [5.74, 6) is -5.96. The van der Waals surface area contributed by atoms with Crippen LogP contribution in [0.1, 0.15) is 18.2 Å². The molecule has 6 nitrogen and oxygen atoms in total. The molecule has 0 aliphatic heterocycles. The van der Waals surface area contributed by atoms with Gasteiger partial charge in [-0.05, 0) is 25.1 Å². The lowest BCUT2D eigenvalue weighted by atomic mass is 10.0. The van der Waals surface area contributed by atoms with Crippen LogP contribution in [0, 0.1) is 0 Å². The molecule has 0 fully saturated rings. The fourth-order valence-electron chi connectivity index (χ4n) is 2.33. The highest BCUT2D eigenvalue weighted by molar-refractivity contribution is 5.76. The lowest BCUT2D eigenvalue weighted by molar-refractivity contribution is -0.179. The third-order valence-corrected chi connectivity index (χ3v) is 3.61. The standard InChI is InChI=1S/C17H17F5N2O4/c1-2-27-15(26)14(25)17(21,22)12-5-3-4-6-13(12)28-9-11-7-8-23-24(11)10-16(18,19)20/h3-8,14,25H,2,9-10H2,1H3/t14-/m0/s1. The van der Waals surface area contributed by atoms with E-state index in [1.807, 2.05) is 0 Å². The zero-order valence-electron chi connectivity index (χ0n) is 14.6. The van der Waals surface area contributed by atoms with Crippen LogP contribution in [0.15, 0.2) is 36.5 Å². The van der Waals surface area contributed by atoms with Gasteiger partial charge < -0.3 is 14.6 Å². The number of para-hydroxylation sites is 1. The summed E-state index contributed by atoms with van der Waals surface area (Å²) in [7, 11) is 0. The number of esters is 1. The van der Waals surface area contributed by atoms with E-state index in [9.17, 15) is 31.9 Å². The number of ether oxygens (including phenoxy) is 2. The van der Waals surface area contributed by atoms with Gasteiger partial charge in [-0.1, -0.05) is 12.1 Å². The number of alkyl halides is 5. The minimum Gasteiger partial charge on any atom is -0.487 e. The molecule has 0 saturated carbocycles. The summed E-state index contributed by atoms with van der Waals surface area (Å²) in [6.45, 7) is -0.659. The fraction of sp³-hybridized carbons (Fsp3) is 0.412. The Labute approximate surface area is 156 Å². The van der Waals surface area contributed by atoms with E-state index >= 15 is 0 Å². The molecular formula is C17H17F5N2O4. The lowest BCUT2D eigenvalue weighted by Crippen LogP contribution is -2.39. The van der Waals surface area contributed by atoms with Crippen molar-refractivity contribution in [2.45, 2.75) is 38.3 Å². The number of carbonyl (C=O) groups excluding carboxylic acids is 1. The van der Waals surface area contributed by atoms with Crippen LogP contribution in [0.4, 0.5) is 22.0 Å². The summed E-state index contributed by atoms with van der Waals surface area (Å²) in [5.41, 5.74) is -0.807. The zero-order valence-corrected chi connectivity index (χ0v) is 14.6. The van der Waals surface area contributed by atoms with E-state index < -0.39 is 48.6 Å². The second-order valence-electron chi connectivity index (χ2n) is 5.66. The van der Waals surface area contributed by atoms with Crippen molar-refractivity contribution < 1.29 is 41.3 Å². The number of rotatable bonds is 8. The second kappa shape index (κ2) is 8.55. The van der Waals surface area contributed by atoms with Gasteiger partial charge >= 0.3 is 18.1 Å². The van der Waals surface area contributed by atoms with Crippen LogP contribution >= 0.6 is 0 Å². The number of nitrogens with zero attached hydrogens (tertiary/aromatic N) is 2. The van der Waals surface area contributed by atoms with Crippen molar-refractivity contribution in [1.82, 2.24) is 9.78 Å². The van der Waals surface area contributed by atoms with Gasteiger partial charge in [-0.2, -0.15) is 27.1 Å². The number of aliphatic hydroxyl groups excluding tert-OH is 1. The first kappa shape index (κ1) is 21.6. The number of carbonyl (C=O) groups is 1. The predicted molar refractivity (Wildman–Crippen MR) is 85.6 cm³/mol. The van der Waals surface area contributed by atoms with Gasteiger partial charge in [0.1, 0.15) is 18.9 Å². The molecule has 1 N–H and O–H groups in total. The molecule has 0 aliphatic rings. The molecule has 28 heavy (non-hydrogen) atoms. The fourth-order valence-corrected chi connectivity index (χ4v) is 2.33. The van der Waals surface area contributed by atoms with Gasteiger partial charge in [-0.3, -0.25) is 4.68 Å². The summed E-state index contributed by atoms with van der Waals surface area (Å²) in [5, 5.41) is 13.2. The molecule has 0 radical (unpaired) electrons. The van der Waals surface area contributed by atoms with Gasteiger partial charge in [0.15, 0.2) is 0 Å². The summed E-state index contributed by atoms with van der Waals surface area (Å²) in [4.78, 5) is 11.5.